The maximum absolute atomic E-state index is 12.7. The van der Waals surface area contributed by atoms with Gasteiger partial charge in [-0.3, -0.25) is 4.79 Å². The molecule has 0 radical (unpaired) electrons. The number of benzene rings is 2. The Morgan fingerprint density at radius 1 is 0.926 bits per heavy atom. The van der Waals surface area contributed by atoms with Crippen LogP contribution < -0.4 is 10.9 Å². The number of hydrogen-bond acceptors (Lipinski definition) is 4. The number of anilines is 1. The molecule has 0 spiro atoms. The van der Waals surface area contributed by atoms with E-state index in [-0.39, 0.29) is 11.2 Å². The van der Waals surface area contributed by atoms with Gasteiger partial charge in [0.15, 0.2) is 5.69 Å². The number of rotatable bonds is 8. The van der Waals surface area contributed by atoms with Crippen molar-refractivity contribution in [1.29, 1.82) is 0 Å². The van der Waals surface area contributed by atoms with E-state index in [0.717, 1.165) is 24.1 Å². The molecular formula is C22H23N3O2. The second-order valence-electron chi connectivity index (χ2n) is 6.49. The summed E-state index contributed by atoms with van der Waals surface area (Å²) in [4.78, 5) is 24.0. The first kappa shape index (κ1) is 18.6. The first-order valence-corrected chi connectivity index (χ1v) is 9.08. The Bertz CT molecular complexity index is 951. The quantitative estimate of drug-likeness (QED) is 0.603. The summed E-state index contributed by atoms with van der Waals surface area (Å²) < 4.78 is 1.62. The van der Waals surface area contributed by atoms with Gasteiger partial charge in [-0.2, -0.15) is 0 Å². The standard InChI is InChI=1S/C22H23N3O2/c1-17-16-20(23-14-12-18-8-4-2-5-9-18)21(24-27)22(26)25(17)15-13-19-10-6-3-7-11-19/h2-11,16,23H,12-15H2,1H3. The Hall–Kier alpha value is -3.21. The Balaban J connectivity index is 1.74. The predicted octanol–water partition coefficient (Wildman–Crippen LogP) is 4.45. The van der Waals surface area contributed by atoms with Crippen molar-refractivity contribution >= 4 is 11.4 Å². The van der Waals surface area contributed by atoms with E-state index >= 15 is 0 Å². The van der Waals surface area contributed by atoms with Crippen LogP contribution in [-0.4, -0.2) is 11.1 Å². The number of nitrogens with one attached hydrogen (secondary N) is 1. The molecule has 0 amide bonds. The highest BCUT2D eigenvalue weighted by Crippen LogP contribution is 2.22. The first-order valence-electron chi connectivity index (χ1n) is 9.08. The van der Waals surface area contributed by atoms with Crippen LogP contribution in [0.5, 0.6) is 0 Å². The minimum Gasteiger partial charge on any atom is -0.383 e. The molecule has 27 heavy (non-hydrogen) atoms. The van der Waals surface area contributed by atoms with Crippen LogP contribution in [-0.2, 0) is 19.4 Å². The smallest absolute Gasteiger partial charge is 0.282 e. The fraction of sp³-hybridized carbons (Fsp3) is 0.227. The van der Waals surface area contributed by atoms with Crippen LogP contribution in [0.1, 0.15) is 16.8 Å². The summed E-state index contributed by atoms with van der Waals surface area (Å²) in [7, 11) is 0. The molecule has 0 aliphatic carbocycles. The Kier molecular flexibility index (Phi) is 6.15. The molecule has 3 rings (SSSR count). The molecule has 2 aromatic carbocycles. The second kappa shape index (κ2) is 8.94. The molecule has 0 saturated carbocycles. The molecule has 1 aromatic heterocycles. The van der Waals surface area contributed by atoms with Gasteiger partial charge in [-0.15, -0.1) is 4.91 Å². The van der Waals surface area contributed by atoms with Crippen molar-refractivity contribution in [2.24, 2.45) is 5.18 Å². The molecule has 0 fully saturated rings. The molecule has 0 aliphatic heterocycles. The zero-order valence-corrected chi connectivity index (χ0v) is 15.4. The van der Waals surface area contributed by atoms with E-state index in [2.05, 4.69) is 10.5 Å². The Morgan fingerprint density at radius 3 is 2.11 bits per heavy atom. The van der Waals surface area contributed by atoms with E-state index < -0.39 is 0 Å². The molecule has 138 valence electrons. The summed E-state index contributed by atoms with van der Waals surface area (Å²) >= 11 is 0. The van der Waals surface area contributed by atoms with E-state index in [1.165, 1.54) is 5.56 Å². The van der Waals surface area contributed by atoms with Gasteiger partial charge in [0, 0.05) is 18.8 Å². The molecule has 0 atom stereocenters. The monoisotopic (exact) mass is 361 g/mol. The van der Waals surface area contributed by atoms with E-state index in [9.17, 15) is 9.70 Å². The molecular weight excluding hydrogens is 338 g/mol. The summed E-state index contributed by atoms with van der Waals surface area (Å²) in [6.07, 6.45) is 1.52. The molecule has 1 N–H and O–H groups in total. The zero-order valence-electron chi connectivity index (χ0n) is 15.4. The normalized spacial score (nSPS) is 10.6. The lowest BCUT2D eigenvalue weighted by Gasteiger charge is -2.14. The van der Waals surface area contributed by atoms with Gasteiger partial charge in [0.25, 0.3) is 5.56 Å². The highest BCUT2D eigenvalue weighted by atomic mass is 16.3. The lowest BCUT2D eigenvalue weighted by atomic mass is 10.1. The lowest BCUT2D eigenvalue weighted by molar-refractivity contribution is 0.650. The molecule has 5 nitrogen and oxygen atoms in total. The maximum atomic E-state index is 12.7. The number of nitroso groups, excluding NO2 is 1. The van der Waals surface area contributed by atoms with Crippen LogP contribution in [0.4, 0.5) is 11.4 Å². The van der Waals surface area contributed by atoms with Gasteiger partial charge in [0.05, 0.1) is 5.69 Å². The van der Waals surface area contributed by atoms with Gasteiger partial charge in [-0.05, 0) is 42.1 Å². The highest BCUT2D eigenvalue weighted by molar-refractivity contribution is 5.64. The van der Waals surface area contributed by atoms with Crippen molar-refractivity contribution in [3.8, 4) is 0 Å². The van der Waals surface area contributed by atoms with Gasteiger partial charge in [0.2, 0.25) is 0 Å². The fourth-order valence-corrected chi connectivity index (χ4v) is 3.13. The van der Waals surface area contributed by atoms with Crippen LogP contribution in [0, 0.1) is 11.8 Å². The topological polar surface area (TPSA) is 63.5 Å². The van der Waals surface area contributed by atoms with Gasteiger partial charge in [-0.1, -0.05) is 60.7 Å². The number of pyridine rings is 1. The van der Waals surface area contributed by atoms with Crippen molar-refractivity contribution in [3.63, 3.8) is 0 Å². The molecule has 5 heteroatoms. The number of nitrogens with zero attached hydrogens (tertiary/aromatic N) is 2. The summed E-state index contributed by atoms with van der Waals surface area (Å²) in [5, 5.41) is 6.19. The van der Waals surface area contributed by atoms with E-state index in [1.54, 1.807) is 4.57 Å². The predicted molar refractivity (Wildman–Crippen MR) is 110 cm³/mol. The SMILES string of the molecule is Cc1cc(NCCc2ccccc2)c(N=O)c(=O)n1CCc1ccccc1. The third kappa shape index (κ3) is 4.70. The minimum absolute atomic E-state index is 0.0540. The maximum Gasteiger partial charge on any atom is 0.282 e. The molecule has 0 saturated heterocycles. The van der Waals surface area contributed by atoms with E-state index in [1.807, 2.05) is 73.7 Å². The van der Waals surface area contributed by atoms with E-state index in [0.29, 0.717) is 18.8 Å². The number of aromatic nitrogens is 1. The van der Waals surface area contributed by atoms with Crippen molar-refractivity contribution in [2.75, 3.05) is 11.9 Å². The number of hydrogen-bond donors (Lipinski definition) is 1. The third-order valence-electron chi connectivity index (χ3n) is 4.61. The van der Waals surface area contributed by atoms with Crippen molar-refractivity contribution in [3.05, 3.63) is 98.8 Å². The van der Waals surface area contributed by atoms with Crippen LogP contribution in [0.2, 0.25) is 0 Å². The van der Waals surface area contributed by atoms with E-state index in [4.69, 9.17) is 0 Å². The van der Waals surface area contributed by atoms with Gasteiger partial charge < -0.3 is 9.88 Å². The molecule has 0 bridgehead atoms. The third-order valence-corrected chi connectivity index (χ3v) is 4.61. The van der Waals surface area contributed by atoms with Gasteiger partial charge >= 0.3 is 0 Å². The zero-order chi connectivity index (χ0) is 19.1. The summed E-state index contributed by atoms with van der Waals surface area (Å²) in [5.74, 6) is 0. The Labute approximate surface area is 158 Å². The largest absolute Gasteiger partial charge is 0.383 e. The lowest BCUT2D eigenvalue weighted by Crippen LogP contribution is -2.24. The number of aryl methyl sites for hydroxylation is 2. The van der Waals surface area contributed by atoms with Crippen molar-refractivity contribution in [1.82, 2.24) is 4.57 Å². The summed E-state index contributed by atoms with van der Waals surface area (Å²) in [6, 6.07) is 21.9. The summed E-state index contributed by atoms with van der Waals surface area (Å²) in [6.45, 7) is 3.02. The van der Waals surface area contributed by atoms with Gasteiger partial charge in [0.1, 0.15) is 0 Å². The van der Waals surface area contributed by atoms with Crippen molar-refractivity contribution in [2.45, 2.75) is 26.3 Å². The van der Waals surface area contributed by atoms with Crippen LogP contribution in [0.3, 0.4) is 0 Å². The average Bonchev–Trinajstić information content (AvgIpc) is 2.69. The average molecular weight is 361 g/mol. The molecule has 0 aliphatic rings. The molecule has 3 aromatic rings. The Morgan fingerprint density at radius 2 is 1.52 bits per heavy atom. The van der Waals surface area contributed by atoms with Crippen LogP contribution >= 0.6 is 0 Å². The van der Waals surface area contributed by atoms with Crippen LogP contribution in [0.15, 0.2) is 76.7 Å². The van der Waals surface area contributed by atoms with Crippen LogP contribution in [0.25, 0.3) is 0 Å². The molecule has 0 unspecified atom stereocenters. The summed E-state index contributed by atoms with van der Waals surface area (Å²) in [5.41, 5.74) is 3.25. The first-order chi connectivity index (χ1) is 13.2. The van der Waals surface area contributed by atoms with Crippen molar-refractivity contribution < 1.29 is 0 Å². The fourth-order valence-electron chi connectivity index (χ4n) is 3.13. The van der Waals surface area contributed by atoms with Gasteiger partial charge in [-0.25, -0.2) is 0 Å². The minimum atomic E-state index is -0.344. The second-order valence-corrected chi connectivity index (χ2v) is 6.49. The molecule has 1 heterocycles. The highest BCUT2D eigenvalue weighted by Gasteiger charge is 2.13.